The van der Waals surface area contributed by atoms with Crippen molar-refractivity contribution in [1.82, 2.24) is 4.98 Å². The number of nitrogen functional groups attached to an aromatic ring is 1. The van der Waals surface area contributed by atoms with Gasteiger partial charge in [0.2, 0.25) is 0 Å². The smallest absolute Gasteiger partial charge is 0.416 e. The fourth-order valence-corrected chi connectivity index (χ4v) is 5.28. The molecule has 1 aromatic heterocycles. The summed E-state index contributed by atoms with van der Waals surface area (Å²) in [6, 6.07) is 3.58. The van der Waals surface area contributed by atoms with Gasteiger partial charge in [-0.25, -0.2) is 4.98 Å². The van der Waals surface area contributed by atoms with Gasteiger partial charge in [0.1, 0.15) is 11.4 Å². The number of alkyl halides is 3. The summed E-state index contributed by atoms with van der Waals surface area (Å²) in [6.45, 7) is 0. The number of thioether (sulfide) groups is 1. The molecule has 2 aliphatic heterocycles. The van der Waals surface area contributed by atoms with E-state index in [2.05, 4.69) is 4.98 Å². The Labute approximate surface area is 139 Å². The number of nitrogens with two attached hydrogens (primary N) is 1. The largest absolute Gasteiger partial charge is 0.481 e. The van der Waals surface area contributed by atoms with Crippen molar-refractivity contribution in [2.24, 2.45) is 0 Å². The fourth-order valence-electron chi connectivity index (χ4n) is 3.09. The number of hydrogen-bond donors (Lipinski definition) is 1. The first-order valence-corrected chi connectivity index (χ1v) is 9.11. The van der Waals surface area contributed by atoms with Gasteiger partial charge in [0, 0.05) is 18.4 Å². The monoisotopic (exact) mass is 358 g/mol. The number of thiazole rings is 1. The summed E-state index contributed by atoms with van der Waals surface area (Å²) < 4.78 is 45.1. The van der Waals surface area contributed by atoms with E-state index in [0.29, 0.717) is 16.4 Å². The summed E-state index contributed by atoms with van der Waals surface area (Å²) in [5, 5.41) is 0.420. The SMILES string of the molecule is Nc1nc2c(s1)C1(CCSCC1)Oc1cc(C(F)(F)F)ccc1-2. The van der Waals surface area contributed by atoms with Gasteiger partial charge in [-0.3, -0.25) is 0 Å². The molecule has 0 saturated carbocycles. The van der Waals surface area contributed by atoms with Crippen LogP contribution in [0.3, 0.4) is 0 Å². The topological polar surface area (TPSA) is 48.1 Å². The third-order valence-electron chi connectivity index (χ3n) is 4.23. The number of halogens is 3. The van der Waals surface area contributed by atoms with Crippen molar-refractivity contribution < 1.29 is 17.9 Å². The molecule has 2 aliphatic rings. The zero-order valence-electron chi connectivity index (χ0n) is 11.9. The highest BCUT2D eigenvalue weighted by Gasteiger charge is 2.45. The molecule has 23 heavy (non-hydrogen) atoms. The van der Waals surface area contributed by atoms with Crippen molar-refractivity contribution in [3.63, 3.8) is 0 Å². The maximum absolute atomic E-state index is 13.0. The highest BCUT2D eigenvalue weighted by atomic mass is 32.2. The molecule has 0 amide bonds. The van der Waals surface area contributed by atoms with Gasteiger partial charge in [0.05, 0.1) is 16.1 Å². The highest BCUT2D eigenvalue weighted by molar-refractivity contribution is 7.99. The Morgan fingerprint density at radius 3 is 2.65 bits per heavy atom. The number of nitrogens with zero attached hydrogens (tertiary/aromatic N) is 1. The lowest BCUT2D eigenvalue weighted by molar-refractivity contribution is -0.137. The molecule has 2 aromatic rings. The minimum atomic E-state index is -4.39. The third-order valence-corrected chi connectivity index (χ3v) is 6.28. The molecule has 8 heteroatoms. The Morgan fingerprint density at radius 2 is 1.96 bits per heavy atom. The first-order chi connectivity index (χ1) is 10.9. The number of benzene rings is 1. The summed E-state index contributed by atoms with van der Waals surface area (Å²) in [6.07, 6.45) is -2.89. The van der Waals surface area contributed by atoms with E-state index >= 15 is 0 Å². The quantitative estimate of drug-likeness (QED) is 0.752. The van der Waals surface area contributed by atoms with Gasteiger partial charge in [-0.2, -0.15) is 24.9 Å². The van der Waals surface area contributed by atoms with Crippen LogP contribution in [0, 0.1) is 0 Å². The predicted octanol–water partition coefficient (Wildman–Crippen LogP) is 4.53. The Kier molecular flexibility index (Phi) is 3.32. The van der Waals surface area contributed by atoms with Crippen LogP contribution in [-0.4, -0.2) is 16.5 Å². The first-order valence-electron chi connectivity index (χ1n) is 7.14. The maximum Gasteiger partial charge on any atom is 0.416 e. The standard InChI is InChI=1S/C15H13F3N2OS2/c16-15(17,18)8-1-2-9-10(7-8)21-14(3-5-22-6-4-14)12-11(9)20-13(19)23-12/h1-2,7H,3-6H2,(H2,19,20). The molecular formula is C15H13F3N2OS2. The van der Waals surface area contributed by atoms with Gasteiger partial charge in [-0.1, -0.05) is 11.3 Å². The average molecular weight is 358 g/mol. The molecule has 0 bridgehead atoms. The number of aromatic nitrogens is 1. The van der Waals surface area contributed by atoms with Crippen molar-refractivity contribution in [1.29, 1.82) is 0 Å². The summed E-state index contributed by atoms with van der Waals surface area (Å²) in [5.41, 5.74) is 5.84. The molecule has 1 saturated heterocycles. The summed E-state index contributed by atoms with van der Waals surface area (Å²) in [5.74, 6) is 2.07. The molecule has 0 radical (unpaired) electrons. The van der Waals surface area contributed by atoms with Gasteiger partial charge < -0.3 is 10.5 Å². The fraction of sp³-hybridized carbons (Fsp3) is 0.400. The van der Waals surface area contributed by atoms with E-state index < -0.39 is 17.3 Å². The Morgan fingerprint density at radius 1 is 1.22 bits per heavy atom. The number of fused-ring (bicyclic) bond motifs is 4. The lowest BCUT2D eigenvalue weighted by Gasteiger charge is -2.40. The van der Waals surface area contributed by atoms with E-state index in [1.165, 1.54) is 17.4 Å². The van der Waals surface area contributed by atoms with E-state index in [4.69, 9.17) is 10.5 Å². The minimum absolute atomic E-state index is 0.254. The van der Waals surface area contributed by atoms with E-state index in [0.717, 1.165) is 41.4 Å². The van der Waals surface area contributed by atoms with Crippen LogP contribution in [-0.2, 0) is 11.8 Å². The van der Waals surface area contributed by atoms with Crippen LogP contribution in [0.15, 0.2) is 18.2 Å². The maximum atomic E-state index is 13.0. The van der Waals surface area contributed by atoms with Gasteiger partial charge in [0.15, 0.2) is 5.13 Å². The van der Waals surface area contributed by atoms with Crippen molar-refractivity contribution in [3.8, 4) is 17.0 Å². The molecule has 2 N–H and O–H groups in total. The summed E-state index contributed by atoms with van der Waals surface area (Å²) >= 11 is 3.20. The Hall–Kier alpha value is -1.41. The Balaban J connectivity index is 1.89. The second-order valence-corrected chi connectivity index (χ2v) is 7.90. The number of anilines is 1. The van der Waals surface area contributed by atoms with Gasteiger partial charge in [0.25, 0.3) is 0 Å². The van der Waals surface area contributed by atoms with Crippen molar-refractivity contribution in [3.05, 3.63) is 28.6 Å². The normalized spacial score (nSPS) is 19.1. The predicted molar refractivity (Wildman–Crippen MR) is 85.8 cm³/mol. The van der Waals surface area contributed by atoms with Gasteiger partial charge in [-0.15, -0.1) is 0 Å². The molecule has 0 atom stereocenters. The van der Waals surface area contributed by atoms with E-state index in [1.54, 1.807) is 0 Å². The molecule has 1 fully saturated rings. The second-order valence-electron chi connectivity index (χ2n) is 5.65. The summed E-state index contributed by atoms with van der Waals surface area (Å²) in [4.78, 5) is 5.31. The Bertz CT molecular complexity index is 767. The molecule has 0 aliphatic carbocycles. The van der Waals surface area contributed by atoms with Crippen LogP contribution in [0.1, 0.15) is 23.3 Å². The second kappa shape index (κ2) is 5.04. The zero-order chi connectivity index (χ0) is 16.2. The first kappa shape index (κ1) is 15.1. The van der Waals surface area contributed by atoms with E-state index in [1.807, 2.05) is 11.8 Å². The van der Waals surface area contributed by atoms with Crippen LogP contribution in [0.5, 0.6) is 5.75 Å². The van der Waals surface area contributed by atoms with Crippen molar-refractivity contribution in [2.75, 3.05) is 17.2 Å². The molecule has 1 aromatic carbocycles. The lowest BCUT2D eigenvalue weighted by Crippen LogP contribution is -2.38. The summed E-state index contributed by atoms with van der Waals surface area (Å²) in [7, 11) is 0. The van der Waals surface area contributed by atoms with E-state index in [9.17, 15) is 13.2 Å². The average Bonchev–Trinajstić information content (AvgIpc) is 2.90. The van der Waals surface area contributed by atoms with Crippen LogP contribution in [0.4, 0.5) is 18.3 Å². The van der Waals surface area contributed by atoms with Gasteiger partial charge >= 0.3 is 6.18 Å². The van der Waals surface area contributed by atoms with Crippen LogP contribution >= 0.6 is 23.1 Å². The highest BCUT2D eigenvalue weighted by Crippen LogP contribution is 2.53. The third kappa shape index (κ3) is 2.39. The molecule has 0 unspecified atom stereocenters. The molecule has 122 valence electrons. The lowest BCUT2D eigenvalue weighted by atomic mass is 9.88. The molecule has 3 nitrogen and oxygen atoms in total. The molecule has 4 rings (SSSR count). The van der Waals surface area contributed by atoms with Crippen LogP contribution in [0.25, 0.3) is 11.3 Å². The number of hydrogen-bond acceptors (Lipinski definition) is 5. The minimum Gasteiger partial charge on any atom is -0.481 e. The molecule has 1 spiro atoms. The molecule has 3 heterocycles. The van der Waals surface area contributed by atoms with Crippen LogP contribution in [0.2, 0.25) is 0 Å². The van der Waals surface area contributed by atoms with Crippen molar-refractivity contribution >= 4 is 28.2 Å². The molecular weight excluding hydrogens is 345 g/mol. The van der Waals surface area contributed by atoms with Crippen LogP contribution < -0.4 is 10.5 Å². The van der Waals surface area contributed by atoms with Crippen molar-refractivity contribution in [2.45, 2.75) is 24.6 Å². The van der Waals surface area contributed by atoms with E-state index in [-0.39, 0.29) is 5.75 Å². The number of rotatable bonds is 0. The number of ether oxygens (including phenoxy) is 1. The zero-order valence-corrected chi connectivity index (χ0v) is 13.6. The van der Waals surface area contributed by atoms with Gasteiger partial charge in [-0.05, 0) is 29.7 Å².